The zero-order chi connectivity index (χ0) is 17.7. The van der Waals surface area contributed by atoms with Gasteiger partial charge < -0.3 is 19.7 Å². The number of ether oxygens (including phenoxy) is 2. The molecule has 0 unspecified atom stereocenters. The van der Waals surface area contributed by atoms with Crippen molar-refractivity contribution >= 4 is 17.3 Å². The van der Waals surface area contributed by atoms with Crippen LogP contribution in [-0.2, 0) is 4.79 Å². The number of carbonyl (C=O) groups excluding carboxylic acids is 1. The second-order valence-electron chi connectivity index (χ2n) is 5.76. The highest BCUT2D eigenvalue weighted by molar-refractivity contribution is 5.94. The van der Waals surface area contributed by atoms with E-state index in [0.717, 1.165) is 11.3 Å². The number of nitrogens with one attached hydrogen (secondary N) is 1. The van der Waals surface area contributed by atoms with E-state index in [2.05, 4.69) is 23.5 Å². The van der Waals surface area contributed by atoms with Crippen LogP contribution in [0.25, 0.3) is 0 Å². The molecule has 0 saturated heterocycles. The zero-order valence-electron chi connectivity index (χ0n) is 14.8. The fraction of sp³-hybridized carbons (Fsp3) is 0.316. The predicted molar refractivity (Wildman–Crippen MR) is 97.4 cm³/mol. The first-order chi connectivity index (χ1) is 11.4. The highest BCUT2D eigenvalue weighted by atomic mass is 16.5. The molecule has 0 spiro atoms. The van der Waals surface area contributed by atoms with Gasteiger partial charge in [-0.1, -0.05) is 12.1 Å². The van der Waals surface area contributed by atoms with Gasteiger partial charge in [-0.25, -0.2) is 0 Å². The van der Waals surface area contributed by atoms with Gasteiger partial charge in [-0.2, -0.15) is 0 Å². The van der Waals surface area contributed by atoms with Crippen LogP contribution in [0.5, 0.6) is 11.5 Å². The number of nitrogens with zero attached hydrogens (tertiary/aromatic N) is 1. The van der Waals surface area contributed by atoms with E-state index in [0.29, 0.717) is 17.2 Å². The standard InChI is InChI=1S/C19H24N2O3/c1-13-6-7-14(2)16(10-13)21(3)12-19(22)20-15-8-9-17(23-4)18(11-15)24-5/h6-11H,12H2,1-5H3,(H,20,22). The van der Waals surface area contributed by atoms with E-state index in [4.69, 9.17) is 9.47 Å². The Hall–Kier alpha value is -2.69. The van der Waals surface area contributed by atoms with E-state index in [1.54, 1.807) is 32.4 Å². The Kier molecular flexibility index (Phi) is 5.68. The lowest BCUT2D eigenvalue weighted by Crippen LogP contribution is -2.30. The van der Waals surface area contributed by atoms with Crippen LogP contribution in [-0.4, -0.2) is 33.7 Å². The number of amides is 1. The van der Waals surface area contributed by atoms with E-state index in [9.17, 15) is 4.79 Å². The Morgan fingerprint density at radius 3 is 2.42 bits per heavy atom. The molecular formula is C19H24N2O3. The number of methoxy groups -OCH3 is 2. The molecule has 1 amide bonds. The minimum atomic E-state index is -0.0920. The van der Waals surface area contributed by atoms with Crippen LogP contribution in [0.1, 0.15) is 11.1 Å². The van der Waals surface area contributed by atoms with Crippen LogP contribution in [0.15, 0.2) is 36.4 Å². The molecule has 2 aromatic carbocycles. The summed E-state index contributed by atoms with van der Waals surface area (Å²) in [4.78, 5) is 14.3. The molecule has 0 aromatic heterocycles. The number of carbonyl (C=O) groups is 1. The number of benzene rings is 2. The quantitative estimate of drug-likeness (QED) is 0.883. The summed E-state index contributed by atoms with van der Waals surface area (Å²) in [5, 5.41) is 2.89. The lowest BCUT2D eigenvalue weighted by Gasteiger charge is -2.21. The van der Waals surface area contributed by atoms with Gasteiger partial charge in [0.25, 0.3) is 0 Å². The van der Waals surface area contributed by atoms with E-state index in [1.165, 1.54) is 5.56 Å². The molecule has 24 heavy (non-hydrogen) atoms. The largest absolute Gasteiger partial charge is 0.493 e. The maximum atomic E-state index is 12.3. The zero-order valence-corrected chi connectivity index (χ0v) is 14.8. The summed E-state index contributed by atoms with van der Waals surface area (Å²) in [5.41, 5.74) is 4.04. The molecule has 0 aliphatic heterocycles. The molecule has 0 heterocycles. The Balaban J connectivity index is 2.06. The average Bonchev–Trinajstić information content (AvgIpc) is 2.56. The molecule has 2 rings (SSSR count). The van der Waals surface area contributed by atoms with Gasteiger partial charge in [0.05, 0.1) is 20.8 Å². The van der Waals surface area contributed by atoms with Crippen LogP contribution in [0, 0.1) is 13.8 Å². The highest BCUT2D eigenvalue weighted by Gasteiger charge is 2.11. The Morgan fingerprint density at radius 1 is 1.04 bits per heavy atom. The lowest BCUT2D eigenvalue weighted by atomic mass is 10.1. The second-order valence-corrected chi connectivity index (χ2v) is 5.76. The number of hydrogen-bond donors (Lipinski definition) is 1. The minimum absolute atomic E-state index is 0.0920. The van der Waals surface area contributed by atoms with Crippen molar-refractivity contribution in [1.29, 1.82) is 0 Å². The monoisotopic (exact) mass is 328 g/mol. The SMILES string of the molecule is COc1ccc(NC(=O)CN(C)c2cc(C)ccc2C)cc1OC. The summed E-state index contributed by atoms with van der Waals surface area (Å²) < 4.78 is 10.4. The molecule has 0 aliphatic rings. The summed E-state index contributed by atoms with van der Waals surface area (Å²) in [6.07, 6.45) is 0. The van der Waals surface area contributed by atoms with Gasteiger partial charge in [0, 0.05) is 24.5 Å². The van der Waals surface area contributed by atoms with Crippen LogP contribution < -0.4 is 19.7 Å². The summed E-state index contributed by atoms with van der Waals surface area (Å²) in [6, 6.07) is 11.5. The van der Waals surface area contributed by atoms with Crippen molar-refractivity contribution in [3.05, 3.63) is 47.5 Å². The van der Waals surface area contributed by atoms with Gasteiger partial charge >= 0.3 is 0 Å². The molecule has 128 valence electrons. The molecule has 0 saturated carbocycles. The van der Waals surface area contributed by atoms with Crippen LogP contribution in [0.2, 0.25) is 0 Å². The van der Waals surface area contributed by atoms with Crippen LogP contribution in [0.4, 0.5) is 11.4 Å². The van der Waals surface area contributed by atoms with E-state index < -0.39 is 0 Å². The van der Waals surface area contributed by atoms with Crippen molar-refractivity contribution in [1.82, 2.24) is 0 Å². The molecule has 0 radical (unpaired) electrons. The van der Waals surface area contributed by atoms with Gasteiger partial charge in [0.2, 0.25) is 5.91 Å². The normalized spacial score (nSPS) is 10.2. The van der Waals surface area contributed by atoms with Crippen molar-refractivity contribution in [2.24, 2.45) is 0 Å². The highest BCUT2D eigenvalue weighted by Crippen LogP contribution is 2.29. The number of anilines is 2. The molecule has 5 nitrogen and oxygen atoms in total. The van der Waals surface area contributed by atoms with Gasteiger partial charge in [0.1, 0.15) is 0 Å². The van der Waals surface area contributed by atoms with Gasteiger partial charge in [-0.05, 0) is 43.2 Å². The van der Waals surface area contributed by atoms with Gasteiger partial charge in [-0.3, -0.25) is 4.79 Å². The molecule has 1 N–H and O–H groups in total. The fourth-order valence-corrected chi connectivity index (χ4v) is 2.55. The lowest BCUT2D eigenvalue weighted by molar-refractivity contribution is -0.114. The summed E-state index contributed by atoms with van der Waals surface area (Å²) in [7, 11) is 5.06. The number of likely N-dealkylation sites (N-methyl/N-ethyl adjacent to an activating group) is 1. The molecule has 0 fully saturated rings. The van der Waals surface area contributed by atoms with Crippen LogP contribution in [0.3, 0.4) is 0 Å². The topological polar surface area (TPSA) is 50.8 Å². The van der Waals surface area contributed by atoms with Crippen molar-refractivity contribution in [3.8, 4) is 11.5 Å². The Morgan fingerprint density at radius 2 is 1.75 bits per heavy atom. The van der Waals surface area contributed by atoms with Crippen molar-refractivity contribution in [2.75, 3.05) is 38.0 Å². The molecule has 0 atom stereocenters. The van der Waals surface area contributed by atoms with Crippen molar-refractivity contribution in [2.45, 2.75) is 13.8 Å². The Bertz CT molecular complexity index is 729. The smallest absolute Gasteiger partial charge is 0.243 e. The third-order valence-corrected chi connectivity index (χ3v) is 3.82. The molecule has 2 aromatic rings. The minimum Gasteiger partial charge on any atom is -0.493 e. The average molecular weight is 328 g/mol. The third kappa shape index (κ3) is 4.19. The number of aryl methyl sites for hydroxylation is 2. The first-order valence-electron chi connectivity index (χ1n) is 7.75. The fourth-order valence-electron chi connectivity index (χ4n) is 2.55. The maximum absolute atomic E-state index is 12.3. The first kappa shape index (κ1) is 17.7. The van der Waals surface area contributed by atoms with E-state index in [1.807, 2.05) is 25.8 Å². The van der Waals surface area contributed by atoms with E-state index >= 15 is 0 Å². The van der Waals surface area contributed by atoms with Gasteiger partial charge in [0.15, 0.2) is 11.5 Å². The Labute approximate surface area is 143 Å². The predicted octanol–water partition coefficient (Wildman–Crippen LogP) is 3.40. The molecular weight excluding hydrogens is 304 g/mol. The van der Waals surface area contributed by atoms with E-state index in [-0.39, 0.29) is 12.5 Å². The van der Waals surface area contributed by atoms with Gasteiger partial charge in [-0.15, -0.1) is 0 Å². The number of rotatable bonds is 6. The van der Waals surface area contributed by atoms with Crippen molar-refractivity contribution < 1.29 is 14.3 Å². The van der Waals surface area contributed by atoms with Crippen LogP contribution >= 0.6 is 0 Å². The molecule has 0 aliphatic carbocycles. The summed E-state index contributed by atoms with van der Waals surface area (Å²) >= 11 is 0. The maximum Gasteiger partial charge on any atom is 0.243 e. The molecule has 5 heteroatoms. The summed E-state index contributed by atoms with van der Waals surface area (Å²) in [6.45, 7) is 4.34. The summed E-state index contributed by atoms with van der Waals surface area (Å²) in [5.74, 6) is 1.12. The third-order valence-electron chi connectivity index (χ3n) is 3.82. The van der Waals surface area contributed by atoms with Crippen molar-refractivity contribution in [3.63, 3.8) is 0 Å². The number of hydrogen-bond acceptors (Lipinski definition) is 4. The molecule has 0 bridgehead atoms. The second kappa shape index (κ2) is 7.73. The first-order valence-corrected chi connectivity index (χ1v) is 7.75.